The van der Waals surface area contributed by atoms with Gasteiger partial charge in [0.15, 0.2) is 11.5 Å². The van der Waals surface area contributed by atoms with Crippen LogP contribution in [0.5, 0.6) is 11.5 Å². The Morgan fingerprint density at radius 3 is 2.26 bits per heavy atom. The summed E-state index contributed by atoms with van der Waals surface area (Å²) in [6.45, 7) is 7.40. The average Bonchev–Trinajstić information content (AvgIpc) is 2.57. The van der Waals surface area contributed by atoms with E-state index in [-0.39, 0.29) is 30.4 Å². The lowest BCUT2D eigenvalue weighted by atomic mass is 9.98. The average molecular weight is 377 g/mol. The molecule has 0 radical (unpaired) electrons. The Balaban J connectivity index is 1.96. The largest absolute Gasteiger partial charge is 0.493 e. The first-order chi connectivity index (χ1) is 12.6. The Bertz CT molecular complexity index is 697. The predicted octanol–water partition coefficient (Wildman–Crippen LogP) is 1.43. The molecule has 2 rings (SSSR count). The van der Waals surface area contributed by atoms with E-state index >= 15 is 0 Å². The van der Waals surface area contributed by atoms with Crippen LogP contribution in [0.4, 0.5) is 0 Å². The van der Waals surface area contributed by atoms with Crippen molar-refractivity contribution in [2.45, 2.75) is 39.3 Å². The van der Waals surface area contributed by atoms with Gasteiger partial charge in [0, 0.05) is 18.6 Å². The minimum absolute atomic E-state index is 0.0153. The summed E-state index contributed by atoms with van der Waals surface area (Å²) in [6, 6.07) is 3.92. The molecule has 0 aliphatic carbocycles. The van der Waals surface area contributed by atoms with Gasteiger partial charge in [-0.3, -0.25) is 14.5 Å². The molecule has 1 aromatic rings. The molecule has 7 heteroatoms. The number of benzene rings is 1. The maximum Gasteiger partial charge on any atom is 0.237 e. The van der Waals surface area contributed by atoms with Gasteiger partial charge in [-0.05, 0) is 57.5 Å². The third-order valence-electron chi connectivity index (χ3n) is 4.40. The summed E-state index contributed by atoms with van der Waals surface area (Å²) in [5.41, 5.74) is 1.97. The molecule has 150 valence electrons. The van der Waals surface area contributed by atoms with Crippen LogP contribution < -0.4 is 14.8 Å². The van der Waals surface area contributed by atoms with Gasteiger partial charge >= 0.3 is 0 Å². The van der Waals surface area contributed by atoms with Gasteiger partial charge in [-0.1, -0.05) is 0 Å². The summed E-state index contributed by atoms with van der Waals surface area (Å²) >= 11 is 0. The molecule has 0 fully saturated rings. The molecule has 7 nitrogen and oxygen atoms in total. The van der Waals surface area contributed by atoms with Crippen LogP contribution in [0.1, 0.15) is 31.9 Å². The highest BCUT2D eigenvalue weighted by Crippen LogP contribution is 2.33. The maximum absolute atomic E-state index is 12.7. The van der Waals surface area contributed by atoms with Crippen LogP contribution >= 0.6 is 0 Å². The molecular weight excluding hydrogens is 346 g/mol. The number of likely N-dealkylation sites (N-methyl/N-ethyl adjacent to an activating group) is 1. The fourth-order valence-electron chi connectivity index (χ4n) is 3.19. The number of fused-ring (bicyclic) bond motifs is 1. The Morgan fingerprint density at radius 1 is 1.11 bits per heavy atom. The molecule has 1 aliphatic heterocycles. The third-order valence-corrected chi connectivity index (χ3v) is 4.40. The number of ether oxygens (including phenoxy) is 2. The van der Waals surface area contributed by atoms with Gasteiger partial charge in [0.25, 0.3) is 0 Å². The first-order valence-electron chi connectivity index (χ1n) is 9.14. The number of carbonyl (C=O) groups is 2. The van der Waals surface area contributed by atoms with Crippen LogP contribution in [-0.2, 0) is 22.6 Å². The molecule has 2 amide bonds. The number of rotatable bonds is 6. The molecule has 0 aromatic heterocycles. The molecule has 1 heterocycles. The fourth-order valence-corrected chi connectivity index (χ4v) is 3.19. The maximum atomic E-state index is 12.7. The Morgan fingerprint density at radius 2 is 1.70 bits per heavy atom. The standard InChI is InChI=1S/C20H31N3O4/c1-20(2,3)21-18(24)12-22(4)13-19(25)23-8-7-14-9-16(26-5)17(27-6)10-15(14)11-23/h9-10H,7-8,11-13H2,1-6H3,(H,21,24). The van der Waals surface area contributed by atoms with Gasteiger partial charge in [0.1, 0.15) is 0 Å². The number of hydrogen-bond donors (Lipinski definition) is 1. The zero-order valence-electron chi connectivity index (χ0n) is 17.2. The third kappa shape index (κ3) is 5.85. The number of hydrogen-bond acceptors (Lipinski definition) is 5. The number of methoxy groups -OCH3 is 2. The summed E-state index contributed by atoms with van der Waals surface area (Å²) in [7, 11) is 5.01. The quantitative estimate of drug-likeness (QED) is 0.812. The van der Waals surface area contributed by atoms with Crippen LogP contribution in [0.2, 0.25) is 0 Å². The Kier molecular flexibility index (Phi) is 6.70. The van der Waals surface area contributed by atoms with E-state index in [9.17, 15) is 9.59 Å². The molecule has 1 aromatic carbocycles. The molecule has 0 spiro atoms. The van der Waals surface area contributed by atoms with Gasteiger partial charge in [-0.2, -0.15) is 0 Å². The van der Waals surface area contributed by atoms with E-state index in [4.69, 9.17) is 9.47 Å². The van der Waals surface area contributed by atoms with Gasteiger partial charge < -0.3 is 19.7 Å². The number of amides is 2. The van der Waals surface area contributed by atoms with Crippen molar-refractivity contribution in [3.05, 3.63) is 23.3 Å². The summed E-state index contributed by atoms with van der Waals surface area (Å²) in [6.07, 6.45) is 0.773. The molecule has 0 atom stereocenters. The molecule has 0 saturated heterocycles. The summed E-state index contributed by atoms with van der Waals surface area (Å²) in [4.78, 5) is 28.2. The lowest BCUT2D eigenvalue weighted by Gasteiger charge is -2.31. The fraction of sp³-hybridized carbons (Fsp3) is 0.600. The SMILES string of the molecule is COc1cc2c(cc1OC)CN(C(=O)CN(C)CC(=O)NC(C)(C)C)CC2. The molecule has 1 N–H and O–H groups in total. The first-order valence-corrected chi connectivity index (χ1v) is 9.14. The number of nitrogens with one attached hydrogen (secondary N) is 1. The van der Waals surface area contributed by atoms with Crippen LogP contribution in [-0.4, -0.2) is 68.1 Å². The Labute approximate surface area is 161 Å². The van der Waals surface area contributed by atoms with Crippen molar-refractivity contribution in [1.82, 2.24) is 15.1 Å². The lowest BCUT2D eigenvalue weighted by Crippen LogP contribution is -2.47. The smallest absolute Gasteiger partial charge is 0.237 e. The predicted molar refractivity (Wildman–Crippen MR) is 104 cm³/mol. The van der Waals surface area contributed by atoms with Gasteiger partial charge in [0.05, 0.1) is 27.3 Å². The molecule has 0 bridgehead atoms. The molecule has 1 aliphatic rings. The van der Waals surface area contributed by atoms with Gasteiger partial charge in [-0.15, -0.1) is 0 Å². The van der Waals surface area contributed by atoms with Crippen LogP contribution in [0, 0.1) is 0 Å². The first kappa shape index (κ1) is 21.0. The summed E-state index contributed by atoms with van der Waals surface area (Å²) < 4.78 is 10.7. The van der Waals surface area contributed by atoms with Crippen molar-refractivity contribution in [2.24, 2.45) is 0 Å². The molecule has 0 saturated carbocycles. The topological polar surface area (TPSA) is 71.1 Å². The van der Waals surface area contributed by atoms with Crippen molar-refractivity contribution in [2.75, 3.05) is 40.9 Å². The van der Waals surface area contributed by atoms with E-state index in [2.05, 4.69) is 5.32 Å². The highest BCUT2D eigenvalue weighted by molar-refractivity contribution is 5.81. The van der Waals surface area contributed by atoms with Crippen LogP contribution in [0.15, 0.2) is 12.1 Å². The van der Waals surface area contributed by atoms with Crippen LogP contribution in [0.25, 0.3) is 0 Å². The van der Waals surface area contributed by atoms with Crippen molar-refractivity contribution in [1.29, 1.82) is 0 Å². The summed E-state index contributed by atoms with van der Waals surface area (Å²) in [5.74, 6) is 1.31. The normalized spacial score (nSPS) is 14.0. The molecule has 0 unspecified atom stereocenters. The number of carbonyl (C=O) groups excluding carboxylic acids is 2. The van der Waals surface area contributed by atoms with Crippen molar-refractivity contribution in [3.63, 3.8) is 0 Å². The highest BCUT2D eigenvalue weighted by Gasteiger charge is 2.24. The molecule has 27 heavy (non-hydrogen) atoms. The minimum Gasteiger partial charge on any atom is -0.493 e. The van der Waals surface area contributed by atoms with E-state index in [1.807, 2.05) is 37.8 Å². The van der Waals surface area contributed by atoms with Crippen molar-refractivity contribution >= 4 is 11.8 Å². The van der Waals surface area contributed by atoms with E-state index in [0.717, 1.165) is 12.0 Å². The highest BCUT2D eigenvalue weighted by atomic mass is 16.5. The van der Waals surface area contributed by atoms with Crippen molar-refractivity contribution in [3.8, 4) is 11.5 Å². The second-order valence-electron chi connectivity index (χ2n) is 8.01. The van der Waals surface area contributed by atoms with Gasteiger partial charge in [-0.25, -0.2) is 0 Å². The van der Waals surface area contributed by atoms with Crippen molar-refractivity contribution < 1.29 is 19.1 Å². The zero-order chi connectivity index (χ0) is 20.2. The van der Waals surface area contributed by atoms with E-state index in [1.54, 1.807) is 26.2 Å². The number of nitrogens with zero attached hydrogens (tertiary/aromatic N) is 2. The summed E-state index contributed by atoms with van der Waals surface area (Å²) in [5, 5.41) is 2.91. The van der Waals surface area contributed by atoms with E-state index < -0.39 is 0 Å². The molecular formula is C20H31N3O4. The second-order valence-corrected chi connectivity index (χ2v) is 8.01. The minimum atomic E-state index is -0.279. The van der Waals surface area contributed by atoms with E-state index in [0.29, 0.717) is 24.6 Å². The monoisotopic (exact) mass is 377 g/mol. The lowest BCUT2D eigenvalue weighted by molar-refractivity contribution is -0.133. The zero-order valence-corrected chi connectivity index (χ0v) is 17.2. The second kappa shape index (κ2) is 8.61. The van der Waals surface area contributed by atoms with Gasteiger partial charge in [0.2, 0.25) is 11.8 Å². The van der Waals surface area contributed by atoms with E-state index in [1.165, 1.54) is 5.56 Å². The Hall–Kier alpha value is -2.28. The van der Waals surface area contributed by atoms with Crippen LogP contribution in [0.3, 0.4) is 0 Å².